The zero-order chi connectivity index (χ0) is 83.7. The summed E-state index contributed by atoms with van der Waals surface area (Å²) in [6.07, 6.45) is 60.6. The lowest BCUT2D eigenvalue weighted by molar-refractivity contribution is 0.232. The Labute approximate surface area is 720 Å². The number of unbranched alkanes of at least 4 members (excludes halogenated alkanes) is 42. The smallest absolute Gasteiger partial charge is 0.223 e. The molecule has 119 heavy (non-hydrogen) atoms. The monoisotopic (exact) mass is 1630 g/mol. The zero-order valence-electron chi connectivity index (χ0n) is 75.0. The molecule has 7 aromatic rings. The Morgan fingerprint density at radius 2 is 0.437 bits per heavy atom. The first-order valence-electron chi connectivity index (χ1n) is 47.8. The van der Waals surface area contributed by atoms with E-state index in [9.17, 15) is 0 Å². The summed E-state index contributed by atoms with van der Waals surface area (Å²) in [4.78, 5) is 13.9. The summed E-state index contributed by atoms with van der Waals surface area (Å²) in [6, 6.07) is 39.7. The van der Waals surface area contributed by atoms with Gasteiger partial charge in [0.25, 0.3) is 0 Å². The van der Waals surface area contributed by atoms with Gasteiger partial charge in [-0.1, -0.05) is 335 Å². The highest BCUT2D eigenvalue weighted by molar-refractivity contribution is 5.55. The summed E-state index contributed by atoms with van der Waals surface area (Å²) < 4.78 is 52.8. The average molecular weight is 1630 g/mol. The van der Waals surface area contributed by atoms with E-state index in [1.165, 1.54) is 231 Å². The molecule has 0 unspecified atom stereocenters. The normalized spacial score (nSPS) is 11.5. The van der Waals surface area contributed by atoms with E-state index < -0.39 is 0 Å². The lowest BCUT2D eigenvalue weighted by atomic mass is 10.1. The van der Waals surface area contributed by atoms with Crippen molar-refractivity contribution in [1.29, 1.82) is 0 Å². The Kier molecular flexibility index (Phi) is 53.1. The number of hydrogen-bond donors (Lipinski definition) is 1. The van der Waals surface area contributed by atoms with Gasteiger partial charge in [-0.3, -0.25) is 0 Å². The molecule has 16 nitrogen and oxygen atoms in total. The maximum atomic E-state index is 6.65. The summed E-state index contributed by atoms with van der Waals surface area (Å²) in [6.45, 7) is 18.2. The minimum absolute atomic E-state index is 0.180. The van der Waals surface area contributed by atoms with E-state index in [2.05, 4.69) is 96.2 Å². The molecule has 1 heterocycles. The summed E-state index contributed by atoms with van der Waals surface area (Å²) in [5, 5.41) is 18.3. The van der Waals surface area contributed by atoms with Crippen molar-refractivity contribution in [2.45, 2.75) is 376 Å². The fraction of sp³-hybridized carbons (Fsp3) is 0.621. The standard InChI is InChI=1S/C103H156N8O8/c1-7-13-19-25-31-37-43-49-71-112-95-77-87(78-96(113-72-50-44-38-32-26-20-14-8-2)101(95)116-75-53-47-41-35-29-23-17-11-5)83-118-93-67-63-91(64-68-93)110-108-89-59-55-85(56-60-89)81-99-105-100(107-103(104)106-99)82-86-57-61-90(62-58-86)109-111-92-65-69-94(70-66-92)119-84-88-79-97(114-73-51-45-39-33-27-21-15-9-3)102(117-76-54-48-42-36-30-24-18-12-6)98(80-88)115-74-52-46-40-34-28-22-16-10-4/h55-70,77-80H,7-54,71-76,81-84H2,1-6H3,(H2,104,105,106,107). The van der Waals surface area contributed by atoms with E-state index in [0.29, 0.717) is 88.7 Å². The molecule has 0 fully saturated rings. The van der Waals surface area contributed by atoms with Crippen molar-refractivity contribution < 1.29 is 37.9 Å². The van der Waals surface area contributed by atoms with E-state index in [-0.39, 0.29) is 5.95 Å². The van der Waals surface area contributed by atoms with Gasteiger partial charge in [0.05, 0.1) is 62.4 Å². The summed E-state index contributed by atoms with van der Waals surface area (Å²) >= 11 is 0. The van der Waals surface area contributed by atoms with Crippen molar-refractivity contribution >= 4 is 28.7 Å². The lowest BCUT2D eigenvalue weighted by Crippen LogP contribution is -2.08. The molecule has 0 aliphatic carbocycles. The second kappa shape index (κ2) is 64.6. The highest BCUT2D eigenvalue weighted by Crippen LogP contribution is 2.42. The van der Waals surface area contributed by atoms with Gasteiger partial charge in [0.15, 0.2) is 23.0 Å². The fourth-order valence-electron chi connectivity index (χ4n) is 14.8. The molecule has 0 atom stereocenters. The largest absolute Gasteiger partial charge is 0.490 e. The minimum atomic E-state index is 0.180. The summed E-state index contributed by atoms with van der Waals surface area (Å²) in [7, 11) is 0. The minimum Gasteiger partial charge on any atom is -0.490 e. The molecule has 0 aliphatic rings. The SMILES string of the molecule is CCCCCCCCCCOc1cc(COc2ccc(N=Nc3ccc(Cc4nc(N)nc(Cc5ccc(N=Nc6ccc(OCc7cc(OCCCCCCCCCC)c(OCCCCCCCCCC)c(OCCCCCCCCCC)c7)cc6)cc5)n4)cc3)cc2)cc(OCCCCCCCCCC)c1OCCCCCCCCCC. The average Bonchev–Trinajstić information content (AvgIpc) is 0.834. The summed E-state index contributed by atoms with van der Waals surface area (Å²) in [5.74, 6) is 7.22. The maximum absolute atomic E-state index is 6.65. The Morgan fingerprint density at radius 1 is 0.227 bits per heavy atom. The number of nitrogens with zero attached hydrogens (tertiary/aromatic N) is 7. The molecular weight excluding hydrogens is 1480 g/mol. The fourth-order valence-corrected chi connectivity index (χ4v) is 14.8. The van der Waals surface area contributed by atoms with Gasteiger partial charge in [-0.2, -0.15) is 30.4 Å². The van der Waals surface area contributed by atoms with Crippen LogP contribution >= 0.6 is 0 Å². The van der Waals surface area contributed by atoms with Crippen LogP contribution in [0, 0.1) is 0 Å². The number of aromatic nitrogens is 3. The number of azo groups is 2. The molecule has 7 rings (SSSR count). The van der Waals surface area contributed by atoms with Crippen LogP contribution in [0.25, 0.3) is 0 Å². The van der Waals surface area contributed by atoms with Crippen molar-refractivity contribution in [3.63, 3.8) is 0 Å². The zero-order valence-corrected chi connectivity index (χ0v) is 75.0. The lowest BCUT2D eigenvalue weighted by Gasteiger charge is -2.19. The molecule has 0 saturated carbocycles. The van der Waals surface area contributed by atoms with Gasteiger partial charge in [-0.15, -0.1) is 0 Å². The summed E-state index contributed by atoms with van der Waals surface area (Å²) in [5.41, 5.74) is 13.1. The number of ether oxygens (including phenoxy) is 8. The number of nitrogens with two attached hydrogens (primary N) is 1. The van der Waals surface area contributed by atoms with Gasteiger partial charge in [-0.25, -0.2) is 4.98 Å². The van der Waals surface area contributed by atoms with Crippen LogP contribution in [0.4, 0.5) is 28.7 Å². The predicted octanol–water partition coefficient (Wildman–Crippen LogP) is 31.7. The molecule has 0 radical (unpaired) electrons. The quantitative estimate of drug-likeness (QED) is 0.0281. The third-order valence-corrected chi connectivity index (χ3v) is 22.1. The maximum Gasteiger partial charge on any atom is 0.223 e. The van der Waals surface area contributed by atoms with Crippen molar-refractivity contribution in [3.8, 4) is 46.0 Å². The van der Waals surface area contributed by atoms with Gasteiger partial charge in [-0.05, 0) is 158 Å². The Hall–Kier alpha value is -8.27. The van der Waals surface area contributed by atoms with Crippen molar-refractivity contribution in [1.82, 2.24) is 15.0 Å². The number of nitrogen functional groups attached to an aromatic ring is 1. The number of anilines is 1. The first-order valence-corrected chi connectivity index (χ1v) is 47.8. The van der Waals surface area contributed by atoms with Crippen molar-refractivity contribution in [2.75, 3.05) is 45.4 Å². The third-order valence-electron chi connectivity index (χ3n) is 22.1. The molecule has 16 heteroatoms. The van der Waals surface area contributed by atoms with E-state index in [1.807, 2.05) is 97.1 Å². The Bertz CT molecular complexity index is 3420. The molecule has 1 aromatic heterocycles. The number of hydrogen-bond acceptors (Lipinski definition) is 16. The first kappa shape index (κ1) is 97.8. The van der Waals surface area contributed by atoms with E-state index in [1.54, 1.807) is 0 Å². The topological polar surface area (TPSA) is 188 Å². The van der Waals surface area contributed by atoms with Gasteiger partial charge in [0.1, 0.15) is 36.4 Å². The van der Waals surface area contributed by atoms with Crippen LogP contribution in [0.5, 0.6) is 46.0 Å². The van der Waals surface area contributed by atoms with Crippen LogP contribution in [0.3, 0.4) is 0 Å². The van der Waals surface area contributed by atoms with E-state index >= 15 is 0 Å². The Morgan fingerprint density at radius 3 is 0.672 bits per heavy atom. The third kappa shape index (κ3) is 44.2. The van der Waals surface area contributed by atoms with Gasteiger partial charge in [0.2, 0.25) is 17.4 Å². The molecule has 656 valence electrons. The van der Waals surface area contributed by atoms with Crippen molar-refractivity contribution in [2.24, 2.45) is 20.5 Å². The van der Waals surface area contributed by atoms with Crippen LogP contribution in [-0.2, 0) is 26.1 Å². The molecule has 0 amide bonds. The molecule has 0 bridgehead atoms. The second-order valence-electron chi connectivity index (χ2n) is 33.0. The van der Waals surface area contributed by atoms with Gasteiger partial charge in [0, 0.05) is 12.8 Å². The molecule has 0 saturated heterocycles. The van der Waals surface area contributed by atoms with Crippen LogP contribution in [0.1, 0.15) is 384 Å². The predicted molar refractivity (Wildman–Crippen MR) is 494 cm³/mol. The molecule has 2 N–H and O–H groups in total. The molecule has 0 aliphatic heterocycles. The van der Waals surface area contributed by atoms with E-state index in [4.69, 9.17) is 48.6 Å². The van der Waals surface area contributed by atoms with Crippen LogP contribution in [0.15, 0.2) is 142 Å². The van der Waals surface area contributed by atoms with Gasteiger partial charge >= 0.3 is 0 Å². The van der Waals surface area contributed by atoms with E-state index in [0.717, 1.165) is 157 Å². The highest BCUT2D eigenvalue weighted by atomic mass is 16.6. The number of benzene rings is 6. The van der Waals surface area contributed by atoms with Crippen LogP contribution in [-0.4, -0.2) is 54.6 Å². The molecular formula is C103H156N8O8. The highest BCUT2D eigenvalue weighted by Gasteiger charge is 2.20. The molecule has 6 aromatic carbocycles. The van der Waals surface area contributed by atoms with Crippen LogP contribution < -0.4 is 43.6 Å². The number of rotatable bonds is 74. The first-order chi connectivity index (χ1) is 58.7. The van der Waals surface area contributed by atoms with Gasteiger partial charge < -0.3 is 43.6 Å². The second-order valence-corrected chi connectivity index (χ2v) is 33.0. The Balaban J connectivity index is 0.909. The van der Waals surface area contributed by atoms with Crippen LogP contribution in [0.2, 0.25) is 0 Å². The molecule has 0 spiro atoms. The van der Waals surface area contributed by atoms with Crippen molar-refractivity contribution in [3.05, 3.63) is 155 Å².